The second-order valence-corrected chi connectivity index (χ2v) is 4.46. The maximum Gasteiger partial charge on any atom is 0.150 e. The van der Waals surface area contributed by atoms with Gasteiger partial charge in [0.1, 0.15) is 0 Å². The van der Waals surface area contributed by atoms with Crippen LogP contribution in [-0.2, 0) is 6.54 Å². The standard InChI is InChI=1S/C11H21N3O/c1-8(2)4-10(12)6-13-7-11-5-9(3)14-15-11/h5,8,10,13H,4,6-7,12H2,1-3H3. The zero-order valence-electron chi connectivity index (χ0n) is 9.79. The lowest BCUT2D eigenvalue weighted by atomic mass is 10.0. The van der Waals surface area contributed by atoms with Crippen LogP contribution in [0.2, 0.25) is 0 Å². The largest absolute Gasteiger partial charge is 0.360 e. The van der Waals surface area contributed by atoms with E-state index in [1.807, 2.05) is 13.0 Å². The van der Waals surface area contributed by atoms with E-state index in [0.717, 1.165) is 24.4 Å². The third-order valence-electron chi connectivity index (χ3n) is 2.16. The van der Waals surface area contributed by atoms with Crippen LogP contribution >= 0.6 is 0 Å². The summed E-state index contributed by atoms with van der Waals surface area (Å²) in [7, 11) is 0. The number of aromatic nitrogens is 1. The molecule has 0 spiro atoms. The van der Waals surface area contributed by atoms with Crippen molar-refractivity contribution in [3.63, 3.8) is 0 Å². The van der Waals surface area contributed by atoms with E-state index in [9.17, 15) is 0 Å². The molecule has 1 unspecified atom stereocenters. The summed E-state index contributed by atoms with van der Waals surface area (Å²) in [6.07, 6.45) is 1.04. The molecule has 1 atom stereocenters. The lowest BCUT2D eigenvalue weighted by Crippen LogP contribution is -2.34. The third kappa shape index (κ3) is 4.95. The van der Waals surface area contributed by atoms with Crippen molar-refractivity contribution in [2.24, 2.45) is 11.7 Å². The Morgan fingerprint density at radius 3 is 2.80 bits per heavy atom. The first kappa shape index (κ1) is 12.2. The van der Waals surface area contributed by atoms with Crippen LogP contribution in [0.5, 0.6) is 0 Å². The van der Waals surface area contributed by atoms with Crippen molar-refractivity contribution in [3.05, 3.63) is 17.5 Å². The maximum atomic E-state index is 5.94. The summed E-state index contributed by atoms with van der Waals surface area (Å²) in [5.74, 6) is 1.51. The highest BCUT2D eigenvalue weighted by atomic mass is 16.5. The van der Waals surface area contributed by atoms with Gasteiger partial charge in [-0.15, -0.1) is 0 Å². The van der Waals surface area contributed by atoms with Crippen LogP contribution in [0.25, 0.3) is 0 Å². The van der Waals surface area contributed by atoms with Crippen molar-refractivity contribution in [1.29, 1.82) is 0 Å². The molecule has 4 heteroatoms. The fourth-order valence-corrected chi connectivity index (χ4v) is 1.57. The van der Waals surface area contributed by atoms with Crippen molar-refractivity contribution in [1.82, 2.24) is 10.5 Å². The van der Waals surface area contributed by atoms with Gasteiger partial charge in [0.25, 0.3) is 0 Å². The molecule has 15 heavy (non-hydrogen) atoms. The third-order valence-corrected chi connectivity index (χ3v) is 2.16. The second-order valence-electron chi connectivity index (χ2n) is 4.46. The molecule has 0 saturated heterocycles. The van der Waals surface area contributed by atoms with Crippen LogP contribution in [0.4, 0.5) is 0 Å². The van der Waals surface area contributed by atoms with E-state index in [-0.39, 0.29) is 6.04 Å². The number of hydrogen-bond donors (Lipinski definition) is 2. The summed E-state index contributed by atoms with van der Waals surface area (Å²) >= 11 is 0. The Labute approximate surface area is 91.2 Å². The number of nitrogens with zero attached hydrogens (tertiary/aromatic N) is 1. The van der Waals surface area contributed by atoms with Crippen LogP contribution in [0.15, 0.2) is 10.6 Å². The molecule has 0 radical (unpaired) electrons. The molecule has 0 saturated carbocycles. The van der Waals surface area contributed by atoms with Gasteiger partial charge in [-0.25, -0.2) is 0 Å². The van der Waals surface area contributed by atoms with Crippen LogP contribution in [0.3, 0.4) is 0 Å². The van der Waals surface area contributed by atoms with Crippen molar-refractivity contribution < 1.29 is 4.52 Å². The van der Waals surface area contributed by atoms with E-state index in [0.29, 0.717) is 12.5 Å². The van der Waals surface area contributed by atoms with E-state index in [1.54, 1.807) is 0 Å². The summed E-state index contributed by atoms with van der Waals surface area (Å²) in [5.41, 5.74) is 6.85. The minimum atomic E-state index is 0.217. The summed E-state index contributed by atoms with van der Waals surface area (Å²) in [5, 5.41) is 7.08. The van der Waals surface area contributed by atoms with Gasteiger partial charge in [0.05, 0.1) is 12.2 Å². The number of hydrogen-bond acceptors (Lipinski definition) is 4. The van der Waals surface area contributed by atoms with Gasteiger partial charge in [-0.1, -0.05) is 19.0 Å². The van der Waals surface area contributed by atoms with Gasteiger partial charge in [0, 0.05) is 18.7 Å². The minimum Gasteiger partial charge on any atom is -0.360 e. The lowest BCUT2D eigenvalue weighted by molar-refractivity contribution is 0.364. The van der Waals surface area contributed by atoms with Crippen molar-refractivity contribution in [2.45, 2.75) is 39.8 Å². The minimum absolute atomic E-state index is 0.217. The number of nitrogens with one attached hydrogen (secondary N) is 1. The van der Waals surface area contributed by atoms with Gasteiger partial charge in [-0.05, 0) is 19.3 Å². The molecule has 4 nitrogen and oxygen atoms in total. The lowest BCUT2D eigenvalue weighted by Gasteiger charge is -2.13. The van der Waals surface area contributed by atoms with E-state index in [2.05, 4.69) is 24.3 Å². The highest BCUT2D eigenvalue weighted by Crippen LogP contribution is 2.03. The van der Waals surface area contributed by atoms with E-state index >= 15 is 0 Å². The molecule has 0 aliphatic heterocycles. The molecule has 0 amide bonds. The molecule has 0 fully saturated rings. The molecular formula is C11H21N3O. The maximum absolute atomic E-state index is 5.94. The van der Waals surface area contributed by atoms with Crippen LogP contribution < -0.4 is 11.1 Å². The van der Waals surface area contributed by atoms with Gasteiger partial charge in [0.2, 0.25) is 0 Å². The second kappa shape index (κ2) is 5.88. The van der Waals surface area contributed by atoms with Crippen LogP contribution in [0.1, 0.15) is 31.7 Å². The molecule has 1 aromatic heterocycles. The first-order valence-electron chi connectivity index (χ1n) is 5.46. The van der Waals surface area contributed by atoms with Crippen molar-refractivity contribution >= 4 is 0 Å². The molecule has 1 heterocycles. The fourth-order valence-electron chi connectivity index (χ4n) is 1.57. The molecule has 86 valence electrons. The Morgan fingerprint density at radius 1 is 1.53 bits per heavy atom. The molecule has 0 aliphatic rings. The van der Waals surface area contributed by atoms with Gasteiger partial charge in [-0.2, -0.15) is 0 Å². The molecule has 0 bridgehead atoms. The highest BCUT2D eigenvalue weighted by molar-refractivity contribution is 5.02. The van der Waals surface area contributed by atoms with E-state index in [1.165, 1.54) is 0 Å². The molecule has 0 aliphatic carbocycles. The van der Waals surface area contributed by atoms with Crippen LogP contribution in [0, 0.1) is 12.8 Å². The van der Waals surface area contributed by atoms with Gasteiger partial charge >= 0.3 is 0 Å². The number of nitrogens with two attached hydrogens (primary N) is 1. The van der Waals surface area contributed by atoms with Crippen LogP contribution in [-0.4, -0.2) is 17.7 Å². The highest BCUT2D eigenvalue weighted by Gasteiger charge is 2.05. The van der Waals surface area contributed by atoms with Crippen molar-refractivity contribution in [3.8, 4) is 0 Å². The normalized spacial score (nSPS) is 13.4. The molecule has 1 aromatic rings. The number of aryl methyl sites for hydroxylation is 1. The fraction of sp³-hybridized carbons (Fsp3) is 0.727. The zero-order valence-corrected chi connectivity index (χ0v) is 9.79. The Bertz CT molecular complexity index is 283. The van der Waals surface area contributed by atoms with E-state index in [4.69, 9.17) is 10.3 Å². The van der Waals surface area contributed by atoms with Gasteiger partial charge in [0.15, 0.2) is 5.76 Å². The van der Waals surface area contributed by atoms with E-state index < -0.39 is 0 Å². The Balaban J connectivity index is 2.16. The predicted molar refractivity (Wildman–Crippen MR) is 60.4 cm³/mol. The summed E-state index contributed by atoms with van der Waals surface area (Å²) in [4.78, 5) is 0. The summed E-state index contributed by atoms with van der Waals surface area (Å²) in [6.45, 7) is 7.79. The Kier molecular flexibility index (Phi) is 4.78. The topological polar surface area (TPSA) is 64.1 Å². The average molecular weight is 211 g/mol. The predicted octanol–water partition coefficient (Wildman–Crippen LogP) is 1.45. The Hall–Kier alpha value is -0.870. The molecule has 1 rings (SSSR count). The smallest absolute Gasteiger partial charge is 0.150 e. The van der Waals surface area contributed by atoms with Gasteiger partial charge < -0.3 is 15.6 Å². The first-order valence-corrected chi connectivity index (χ1v) is 5.46. The molecular weight excluding hydrogens is 190 g/mol. The average Bonchev–Trinajstić information content (AvgIpc) is 2.50. The van der Waals surface area contributed by atoms with Gasteiger partial charge in [-0.3, -0.25) is 0 Å². The zero-order chi connectivity index (χ0) is 11.3. The first-order chi connectivity index (χ1) is 7.08. The molecule has 3 N–H and O–H groups in total. The van der Waals surface area contributed by atoms with Crippen molar-refractivity contribution in [2.75, 3.05) is 6.54 Å². The molecule has 0 aromatic carbocycles. The summed E-state index contributed by atoms with van der Waals surface area (Å²) in [6, 6.07) is 2.15. The quantitative estimate of drug-likeness (QED) is 0.747. The Morgan fingerprint density at radius 2 is 2.27 bits per heavy atom. The summed E-state index contributed by atoms with van der Waals surface area (Å²) < 4.78 is 5.07. The monoisotopic (exact) mass is 211 g/mol. The number of rotatable bonds is 6. The SMILES string of the molecule is Cc1cc(CNCC(N)CC(C)C)on1.